The first-order chi connectivity index (χ1) is 13.5. The van der Waals surface area contributed by atoms with Gasteiger partial charge in [0.2, 0.25) is 15.0 Å². The van der Waals surface area contributed by atoms with Crippen molar-refractivity contribution in [2.75, 3.05) is 17.8 Å². The average molecular weight is 462 g/mol. The minimum atomic E-state index is -3.79. The number of rotatable bonds is 5. The number of amides is 1. The predicted molar refractivity (Wildman–Crippen MR) is 103 cm³/mol. The van der Waals surface area contributed by atoms with Crippen molar-refractivity contribution < 1.29 is 26.0 Å². The normalized spacial score (nSPS) is 18.5. The van der Waals surface area contributed by atoms with Crippen LogP contribution in [-0.2, 0) is 26.2 Å². The second-order valence-corrected chi connectivity index (χ2v) is 11.3. The Morgan fingerprint density at radius 3 is 2.52 bits per heavy atom. The van der Waals surface area contributed by atoms with Gasteiger partial charge in [0.05, 0.1) is 22.7 Å². The molecule has 1 fully saturated rings. The van der Waals surface area contributed by atoms with Gasteiger partial charge in [-0.1, -0.05) is 23.7 Å². The van der Waals surface area contributed by atoms with E-state index in [0.717, 1.165) is 12.5 Å². The van der Waals surface area contributed by atoms with Gasteiger partial charge < -0.3 is 4.90 Å². The molecule has 3 rings (SSSR count). The molecule has 1 unspecified atom stereocenters. The van der Waals surface area contributed by atoms with Crippen LogP contribution in [0, 0.1) is 5.82 Å². The minimum absolute atomic E-state index is 0.0200. The summed E-state index contributed by atoms with van der Waals surface area (Å²) in [7, 11) is -7.10. The summed E-state index contributed by atoms with van der Waals surface area (Å²) in [6.45, 7) is -0.0200. The third kappa shape index (κ3) is 5.09. The van der Waals surface area contributed by atoms with Gasteiger partial charge in [0.25, 0.3) is 5.91 Å². The van der Waals surface area contributed by atoms with Gasteiger partial charge in [0.15, 0.2) is 15.5 Å². The molecule has 2 aromatic rings. The molecule has 1 amide bonds. The van der Waals surface area contributed by atoms with Crippen molar-refractivity contribution in [3.63, 3.8) is 0 Å². The van der Waals surface area contributed by atoms with Crippen molar-refractivity contribution in [1.29, 1.82) is 0 Å². The Morgan fingerprint density at radius 1 is 1.31 bits per heavy atom. The molecule has 1 atom stereocenters. The van der Waals surface area contributed by atoms with E-state index in [-0.39, 0.29) is 35.2 Å². The molecule has 0 spiro atoms. The van der Waals surface area contributed by atoms with E-state index in [0.29, 0.717) is 5.56 Å². The number of aromatic nitrogens is 2. The molecular weight excluding hydrogens is 445 g/mol. The van der Waals surface area contributed by atoms with E-state index in [4.69, 9.17) is 11.6 Å². The second-order valence-electron chi connectivity index (χ2n) is 6.74. The number of nitrogens with zero attached hydrogens (tertiary/aromatic N) is 3. The monoisotopic (exact) mass is 461 g/mol. The first-order valence-electron chi connectivity index (χ1n) is 8.45. The molecule has 0 bridgehead atoms. The van der Waals surface area contributed by atoms with E-state index >= 15 is 0 Å². The third-order valence-electron chi connectivity index (χ3n) is 4.43. The fourth-order valence-electron chi connectivity index (χ4n) is 2.99. The number of carbonyl (C=O) groups is 1. The van der Waals surface area contributed by atoms with Crippen molar-refractivity contribution in [2.24, 2.45) is 0 Å². The standard InChI is InChI=1S/C17H17ClFN3O5S2/c1-28(24,25)17-20-8-14(18)15(21-17)16(23)22(13-6-7-29(26,27)10-13)9-11-2-4-12(19)5-3-11/h2-5,8,13H,6-7,9-10H2,1H3. The van der Waals surface area contributed by atoms with Crippen LogP contribution in [0.25, 0.3) is 0 Å². The van der Waals surface area contributed by atoms with Crippen molar-refractivity contribution in [2.45, 2.75) is 24.2 Å². The predicted octanol–water partition coefficient (Wildman–Crippen LogP) is 1.50. The zero-order valence-electron chi connectivity index (χ0n) is 15.2. The first kappa shape index (κ1) is 21.6. The topological polar surface area (TPSA) is 114 Å². The van der Waals surface area contributed by atoms with Crippen LogP contribution in [0.1, 0.15) is 22.5 Å². The summed E-state index contributed by atoms with van der Waals surface area (Å²) in [4.78, 5) is 21.9. The molecule has 2 heterocycles. The molecule has 156 valence electrons. The lowest BCUT2D eigenvalue weighted by Gasteiger charge is -2.28. The minimum Gasteiger partial charge on any atom is -0.329 e. The molecule has 12 heteroatoms. The molecular formula is C17H17ClFN3O5S2. The Kier molecular flexibility index (Phi) is 5.93. The summed E-state index contributed by atoms with van der Waals surface area (Å²) < 4.78 is 60.6. The lowest BCUT2D eigenvalue weighted by molar-refractivity contribution is 0.0674. The van der Waals surface area contributed by atoms with E-state index in [2.05, 4.69) is 9.97 Å². The number of carbonyl (C=O) groups excluding carboxylic acids is 1. The van der Waals surface area contributed by atoms with Gasteiger partial charge in [0.1, 0.15) is 5.82 Å². The molecule has 0 saturated carbocycles. The van der Waals surface area contributed by atoms with Crippen molar-refractivity contribution in [1.82, 2.24) is 14.9 Å². The number of halogens is 2. The SMILES string of the molecule is CS(=O)(=O)c1ncc(Cl)c(C(=O)N(Cc2ccc(F)cc2)C2CCS(=O)(=O)C2)n1. The molecule has 29 heavy (non-hydrogen) atoms. The van der Waals surface area contributed by atoms with Gasteiger partial charge in [-0.2, -0.15) is 0 Å². The second kappa shape index (κ2) is 7.96. The Bertz CT molecular complexity index is 1150. The van der Waals surface area contributed by atoms with E-state index in [1.165, 1.54) is 29.2 Å². The molecule has 8 nitrogen and oxygen atoms in total. The van der Waals surface area contributed by atoms with E-state index in [9.17, 15) is 26.0 Å². The van der Waals surface area contributed by atoms with Crippen LogP contribution in [0.15, 0.2) is 35.6 Å². The Balaban J connectivity index is 2.01. The van der Waals surface area contributed by atoms with Gasteiger partial charge in [-0.25, -0.2) is 31.2 Å². The van der Waals surface area contributed by atoms with E-state index in [1.54, 1.807) is 0 Å². The van der Waals surface area contributed by atoms with Gasteiger partial charge in [0, 0.05) is 18.8 Å². The summed E-state index contributed by atoms with van der Waals surface area (Å²) in [5.41, 5.74) is 0.228. The van der Waals surface area contributed by atoms with Crippen LogP contribution < -0.4 is 0 Å². The van der Waals surface area contributed by atoms with Crippen LogP contribution in [0.4, 0.5) is 4.39 Å². The Morgan fingerprint density at radius 2 is 1.97 bits per heavy atom. The summed E-state index contributed by atoms with van der Waals surface area (Å²) in [5, 5.41) is -0.724. The Labute approximate surface area is 172 Å². The fourth-order valence-corrected chi connectivity index (χ4v) is 5.39. The summed E-state index contributed by atoms with van der Waals surface area (Å²) in [6.07, 6.45) is 2.13. The van der Waals surface area contributed by atoms with Crippen molar-refractivity contribution in [3.8, 4) is 0 Å². The molecule has 1 aliphatic rings. The number of benzene rings is 1. The molecule has 1 aromatic heterocycles. The fraction of sp³-hybridized carbons (Fsp3) is 0.353. The zero-order valence-corrected chi connectivity index (χ0v) is 17.6. The smallest absolute Gasteiger partial charge is 0.274 e. The van der Waals surface area contributed by atoms with Crippen LogP contribution in [0.5, 0.6) is 0 Å². The summed E-state index contributed by atoms with van der Waals surface area (Å²) >= 11 is 6.04. The number of hydrogen-bond donors (Lipinski definition) is 0. The Hall–Kier alpha value is -2.11. The van der Waals surface area contributed by atoms with Gasteiger partial charge >= 0.3 is 0 Å². The highest BCUT2D eigenvalue weighted by atomic mass is 35.5. The maximum absolute atomic E-state index is 13.2. The maximum atomic E-state index is 13.2. The van der Waals surface area contributed by atoms with Gasteiger partial charge in [-0.05, 0) is 24.1 Å². The van der Waals surface area contributed by atoms with Crippen LogP contribution in [0.2, 0.25) is 5.02 Å². The highest BCUT2D eigenvalue weighted by Crippen LogP contribution is 2.24. The maximum Gasteiger partial charge on any atom is 0.274 e. The van der Waals surface area contributed by atoms with Gasteiger partial charge in [-0.3, -0.25) is 4.79 Å². The number of hydrogen-bond acceptors (Lipinski definition) is 7. The molecule has 1 aromatic carbocycles. The summed E-state index contributed by atoms with van der Waals surface area (Å²) in [5.74, 6) is -1.49. The zero-order chi connectivity index (χ0) is 21.4. The van der Waals surface area contributed by atoms with Gasteiger partial charge in [-0.15, -0.1) is 0 Å². The van der Waals surface area contributed by atoms with Crippen molar-refractivity contribution in [3.05, 3.63) is 52.6 Å². The molecule has 0 radical (unpaired) electrons. The molecule has 0 aliphatic carbocycles. The third-order valence-corrected chi connectivity index (χ3v) is 7.32. The quantitative estimate of drug-likeness (QED) is 0.620. The lowest BCUT2D eigenvalue weighted by atomic mass is 10.1. The lowest BCUT2D eigenvalue weighted by Crippen LogP contribution is -2.41. The molecule has 1 saturated heterocycles. The highest BCUT2D eigenvalue weighted by molar-refractivity contribution is 7.91. The average Bonchev–Trinajstić information content (AvgIpc) is 2.99. The molecule has 1 aliphatic heterocycles. The number of sulfone groups is 2. The highest BCUT2D eigenvalue weighted by Gasteiger charge is 2.36. The van der Waals surface area contributed by atoms with Crippen LogP contribution >= 0.6 is 11.6 Å². The van der Waals surface area contributed by atoms with Crippen LogP contribution in [-0.4, -0.2) is 61.4 Å². The van der Waals surface area contributed by atoms with Crippen molar-refractivity contribution >= 4 is 37.2 Å². The van der Waals surface area contributed by atoms with E-state index in [1.807, 2.05) is 0 Å². The van der Waals surface area contributed by atoms with E-state index < -0.39 is 42.6 Å². The largest absolute Gasteiger partial charge is 0.329 e. The summed E-state index contributed by atoms with van der Waals surface area (Å²) in [6, 6.07) is 4.75. The molecule has 0 N–H and O–H groups in total. The first-order valence-corrected chi connectivity index (χ1v) is 12.5. The van der Waals surface area contributed by atoms with Crippen LogP contribution in [0.3, 0.4) is 0 Å².